The molecule has 0 aliphatic heterocycles. The van der Waals surface area contributed by atoms with Crippen molar-refractivity contribution in [3.05, 3.63) is 41.0 Å². The number of hydrogen-bond acceptors (Lipinski definition) is 4. The van der Waals surface area contributed by atoms with Gasteiger partial charge >= 0.3 is 0 Å². The van der Waals surface area contributed by atoms with Crippen LogP contribution >= 0.6 is 12.6 Å². The van der Waals surface area contributed by atoms with Crippen LogP contribution in [-0.4, -0.2) is 5.78 Å². The molecule has 0 bridgehead atoms. The molecule has 1 aromatic rings. The van der Waals surface area contributed by atoms with E-state index in [1.54, 1.807) is 0 Å². The molecular weight excluding hydrogens is 328 g/mol. The largest absolute Gasteiger partial charge is 0.294 e. The van der Waals surface area contributed by atoms with Crippen molar-refractivity contribution in [2.24, 2.45) is 23.7 Å². The Balaban J connectivity index is 1.74. The molecule has 0 radical (unpaired) electrons. The number of nitriles is 2. The lowest BCUT2D eigenvalue weighted by Gasteiger charge is -2.45. The second kappa shape index (κ2) is 6.36. The summed E-state index contributed by atoms with van der Waals surface area (Å²) in [7, 11) is 0. The summed E-state index contributed by atoms with van der Waals surface area (Å²) in [5, 5.41) is 18.6. The highest BCUT2D eigenvalue weighted by Gasteiger charge is 2.55. The van der Waals surface area contributed by atoms with E-state index in [0.717, 1.165) is 37.0 Å². The van der Waals surface area contributed by atoms with Gasteiger partial charge in [-0.15, -0.1) is 12.6 Å². The van der Waals surface area contributed by atoms with Gasteiger partial charge in [0.2, 0.25) is 0 Å². The third-order valence-corrected chi connectivity index (χ3v) is 6.87. The molecule has 126 valence electrons. The zero-order valence-corrected chi connectivity index (χ0v) is 14.9. The quantitative estimate of drug-likeness (QED) is 0.464. The molecular formula is C21H20N2OS. The lowest BCUT2D eigenvalue weighted by molar-refractivity contribution is -0.120. The lowest BCUT2D eigenvalue weighted by Crippen LogP contribution is -2.37. The fourth-order valence-corrected chi connectivity index (χ4v) is 5.83. The number of carbonyl (C=O) groups is 1. The van der Waals surface area contributed by atoms with Gasteiger partial charge in [0.05, 0.1) is 0 Å². The normalized spacial score (nSPS) is 33.3. The van der Waals surface area contributed by atoms with E-state index in [1.165, 1.54) is 5.56 Å². The number of thiol groups is 1. The maximum Gasteiger partial charge on any atom is 0.164 e. The molecule has 0 spiro atoms. The number of ketones is 1. The van der Waals surface area contributed by atoms with Gasteiger partial charge in [0.25, 0.3) is 0 Å². The summed E-state index contributed by atoms with van der Waals surface area (Å²) in [4.78, 5) is 13.9. The summed E-state index contributed by atoms with van der Waals surface area (Å²) in [5.41, 5.74) is 1.95. The summed E-state index contributed by atoms with van der Waals surface area (Å²) in [5.74, 6) is 1.47. The number of benzene rings is 1. The maximum absolute atomic E-state index is 13.0. The van der Waals surface area contributed by atoms with Gasteiger partial charge in [-0.2, -0.15) is 10.5 Å². The molecule has 0 amide bonds. The van der Waals surface area contributed by atoms with Crippen molar-refractivity contribution in [1.29, 1.82) is 10.5 Å². The van der Waals surface area contributed by atoms with Crippen LogP contribution in [0.5, 0.6) is 0 Å². The summed E-state index contributed by atoms with van der Waals surface area (Å²) in [6, 6.07) is 12.4. The first-order valence-electron chi connectivity index (χ1n) is 9.03. The van der Waals surface area contributed by atoms with E-state index < -0.39 is 0 Å². The molecule has 0 aromatic heterocycles. The molecule has 3 aliphatic carbocycles. The first-order chi connectivity index (χ1) is 12.2. The first-order valence-corrected chi connectivity index (χ1v) is 9.48. The van der Waals surface area contributed by atoms with Crippen LogP contribution in [0.25, 0.3) is 0 Å². The Morgan fingerprint density at radius 1 is 0.960 bits per heavy atom. The Labute approximate surface area is 153 Å². The smallest absolute Gasteiger partial charge is 0.164 e. The third kappa shape index (κ3) is 2.52. The molecule has 0 N–H and O–H groups in total. The zero-order chi connectivity index (χ0) is 17.6. The van der Waals surface area contributed by atoms with Crippen LogP contribution in [0.1, 0.15) is 43.6 Å². The van der Waals surface area contributed by atoms with Crippen LogP contribution in [0.2, 0.25) is 0 Å². The van der Waals surface area contributed by atoms with Gasteiger partial charge in [-0.3, -0.25) is 4.79 Å². The minimum Gasteiger partial charge on any atom is -0.294 e. The number of rotatable bonds is 1. The van der Waals surface area contributed by atoms with Crippen LogP contribution in [0.15, 0.2) is 40.3 Å². The molecule has 1 aromatic carbocycles. The Bertz CT molecular complexity index is 811. The number of Topliss-reactive ketones (excluding diaryl/α,β-unsaturated/α-hetero) is 1. The summed E-state index contributed by atoms with van der Waals surface area (Å²) >= 11 is 4.38. The predicted molar refractivity (Wildman–Crippen MR) is 96.7 cm³/mol. The van der Waals surface area contributed by atoms with Gasteiger partial charge in [0, 0.05) is 16.4 Å². The molecule has 0 heterocycles. The highest BCUT2D eigenvalue weighted by Crippen LogP contribution is 2.59. The lowest BCUT2D eigenvalue weighted by atomic mass is 9.59. The van der Waals surface area contributed by atoms with Gasteiger partial charge < -0.3 is 0 Å². The van der Waals surface area contributed by atoms with Crippen LogP contribution < -0.4 is 0 Å². The Morgan fingerprint density at radius 2 is 1.64 bits per heavy atom. The first kappa shape index (κ1) is 16.4. The number of allylic oxidation sites excluding steroid dienone is 2. The van der Waals surface area contributed by atoms with Gasteiger partial charge in [-0.25, -0.2) is 0 Å². The maximum atomic E-state index is 13.0. The van der Waals surface area contributed by atoms with Crippen LogP contribution in [-0.2, 0) is 4.79 Å². The molecule has 3 nitrogen and oxygen atoms in total. The van der Waals surface area contributed by atoms with E-state index in [9.17, 15) is 15.3 Å². The van der Waals surface area contributed by atoms with Crippen molar-refractivity contribution in [1.82, 2.24) is 0 Å². The van der Waals surface area contributed by atoms with Crippen molar-refractivity contribution in [3.8, 4) is 12.1 Å². The summed E-state index contributed by atoms with van der Waals surface area (Å²) < 4.78 is 0. The molecule has 4 rings (SSSR count). The highest BCUT2D eigenvalue weighted by atomic mass is 32.1. The molecule has 5 atom stereocenters. The summed E-state index contributed by atoms with van der Waals surface area (Å²) in [6.45, 7) is 0. The second-order valence-corrected chi connectivity index (χ2v) is 8.05. The monoisotopic (exact) mass is 348 g/mol. The van der Waals surface area contributed by atoms with Crippen LogP contribution in [0.4, 0.5) is 0 Å². The van der Waals surface area contributed by atoms with Crippen LogP contribution in [0.3, 0.4) is 0 Å². The van der Waals surface area contributed by atoms with Crippen molar-refractivity contribution < 1.29 is 4.79 Å². The van der Waals surface area contributed by atoms with Crippen molar-refractivity contribution in [2.75, 3.05) is 0 Å². The van der Waals surface area contributed by atoms with Crippen molar-refractivity contribution in [2.45, 2.75) is 42.9 Å². The summed E-state index contributed by atoms with van der Waals surface area (Å²) in [6.07, 6.45) is 5.03. The molecule has 25 heavy (non-hydrogen) atoms. The predicted octanol–water partition coefficient (Wildman–Crippen LogP) is 4.43. The van der Waals surface area contributed by atoms with Gasteiger partial charge in [0.15, 0.2) is 5.78 Å². The molecule has 3 saturated carbocycles. The Hall–Kier alpha value is -2.04. The van der Waals surface area contributed by atoms with E-state index in [0.29, 0.717) is 23.3 Å². The van der Waals surface area contributed by atoms with E-state index >= 15 is 0 Å². The van der Waals surface area contributed by atoms with E-state index in [2.05, 4.69) is 24.8 Å². The average Bonchev–Trinajstić information content (AvgIpc) is 2.92. The van der Waals surface area contributed by atoms with Crippen molar-refractivity contribution >= 4 is 18.4 Å². The zero-order valence-electron chi connectivity index (χ0n) is 14.0. The standard InChI is InChI=1S/C21H20N2OS/c22-10-13(11-23)19-17-3-1-2-16-15(12-4-6-14(25)7-5-12)8-9-18(20(16)17)21(19)24/h4-7,15-18,20,25H,1-3,8-9H2. The van der Waals surface area contributed by atoms with E-state index in [1.807, 2.05) is 24.3 Å². The minimum absolute atomic E-state index is 0.0161. The molecule has 3 aliphatic rings. The Morgan fingerprint density at radius 3 is 2.32 bits per heavy atom. The second-order valence-electron chi connectivity index (χ2n) is 7.54. The SMILES string of the molecule is N#CC(C#N)=C1C(=O)C2CCC(c3ccc(S)cc3)C3CCCC1C23. The van der Waals surface area contributed by atoms with Crippen molar-refractivity contribution in [3.63, 3.8) is 0 Å². The number of hydrogen-bond donors (Lipinski definition) is 1. The minimum atomic E-state index is 0.0161. The van der Waals surface area contributed by atoms with E-state index in [-0.39, 0.29) is 23.2 Å². The van der Waals surface area contributed by atoms with Gasteiger partial charge in [-0.05, 0) is 67.1 Å². The molecule has 3 fully saturated rings. The third-order valence-electron chi connectivity index (χ3n) is 6.57. The molecule has 0 saturated heterocycles. The number of nitrogens with zero attached hydrogens (tertiary/aromatic N) is 2. The van der Waals surface area contributed by atoms with Crippen LogP contribution in [0, 0.1) is 46.3 Å². The van der Waals surface area contributed by atoms with Gasteiger partial charge in [-0.1, -0.05) is 18.6 Å². The fraction of sp³-hybridized carbons (Fsp3) is 0.476. The molecule has 4 heteroatoms. The van der Waals surface area contributed by atoms with Gasteiger partial charge in [0.1, 0.15) is 17.7 Å². The fourth-order valence-electron chi connectivity index (χ4n) is 5.69. The van der Waals surface area contributed by atoms with E-state index in [4.69, 9.17) is 0 Å². The topological polar surface area (TPSA) is 64.7 Å². The average molecular weight is 348 g/mol. The highest BCUT2D eigenvalue weighted by molar-refractivity contribution is 7.80. The molecule has 5 unspecified atom stereocenters. The number of carbonyl (C=O) groups excluding carboxylic acids is 1. The Kier molecular flexibility index (Phi) is 4.18.